The number of hydrogen-bond acceptors (Lipinski definition) is 5. The molecule has 5 nitrogen and oxygen atoms in total. The number of pyridine rings is 1. The molecule has 6 heteroatoms. The van der Waals surface area contributed by atoms with Gasteiger partial charge in [0.15, 0.2) is 0 Å². The number of aromatic nitrogens is 1. The zero-order valence-electron chi connectivity index (χ0n) is 43.2. The third-order valence-electron chi connectivity index (χ3n) is 15.1. The van der Waals surface area contributed by atoms with Gasteiger partial charge in [-0.15, -0.1) is 53.8 Å². The predicted octanol–water partition coefficient (Wildman–Crippen LogP) is 19.0. The number of hydrogen-bond donors (Lipinski definition) is 0. The summed E-state index contributed by atoms with van der Waals surface area (Å²) in [6.07, 6.45) is 8.31. The molecule has 0 radical (unpaired) electrons. The van der Waals surface area contributed by atoms with Gasteiger partial charge >= 0.3 is 0 Å². The summed E-state index contributed by atoms with van der Waals surface area (Å²) in [5.41, 5.74) is 19.9. The predicted molar refractivity (Wildman–Crippen MR) is 306 cm³/mol. The van der Waals surface area contributed by atoms with Gasteiger partial charge in [-0.1, -0.05) is 193 Å². The summed E-state index contributed by atoms with van der Waals surface area (Å²) in [6, 6.07) is 76.7. The summed E-state index contributed by atoms with van der Waals surface area (Å²) in [6.45, 7) is 16.1. The fourth-order valence-electron chi connectivity index (χ4n) is 11.1. The first-order valence-electron chi connectivity index (χ1n) is 26.1. The Morgan fingerprint density at radius 2 is 1.11 bits per heavy atom. The van der Waals surface area contributed by atoms with Gasteiger partial charge in [0, 0.05) is 55.6 Å². The fraction of sp³-hybridized carbons (Fsp3) is 0.206. The van der Waals surface area contributed by atoms with Crippen LogP contribution in [0.1, 0.15) is 96.3 Å². The molecule has 8 aromatic carbocycles. The van der Waals surface area contributed by atoms with Crippen LogP contribution in [0, 0.1) is 18.8 Å². The molecule has 1 aromatic heterocycles. The molecule has 0 unspecified atom stereocenters. The van der Waals surface area contributed by atoms with Crippen LogP contribution in [0.4, 0.5) is 57.0 Å². The van der Waals surface area contributed by atoms with Crippen molar-refractivity contribution in [3.05, 3.63) is 230 Å². The maximum Gasteiger partial charge on any atom is 0.135 e. The molecule has 1 aliphatic carbocycles. The molecule has 3 heterocycles. The van der Waals surface area contributed by atoms with Gasteiger partial charge in [-0.2, -0.15) is 6.07 Å². The Labute approximate surface area is 453 Å². The Bertz CT molecular complexity index is 3440. The maximum absolute atomic E-state index is 5.20. The first kappa shape index (κ1) is 49.0. The van der Waals surface area contributed by atoms with Crippen LogP contribution < -0.4 is 19.6 Å². The molecule has 0 amide bonds. The van der Waals surface area contributed by atoms with E-state index in [1.54, 1.807) is 0 Å². The molecule has 2 aliphatic heterocycles. The molecule has 372 valence electrons. The first-order valence-corrected chi connectivity index (χ1v) is 26.1. The third-order valence-corrected chi connectivity index (χ3v) is 15.1. The average molecular weight is 1140 g/mol. The van der Waals surface area contributed by atoms with Crippen LogP contribution in [-0.4, -0.2) is 4.98 Å². The molecule has 0 spiro atoms. The minimum atomic E-state index is -0.0331. The number of fused-ring (bicyclic) bond motifs is 6. The first-order chi connectivity index (χ1) is 35.5. The Kier molecular flexibility index (Phi) is 13.2. The van der Waals surface area contributed by atoms with Gasteiger partial charge in [0.1, 0.15) is 5.82 Å². The van der Waals surface area contributed by atoms with Gasteiger partial charge < -0.3 is 19.6 Å². The second-order valence-electron chi connectivity index (χ2n) is 22.1. The molecule has 0 saturated heterocycles. The zero-order valence-corrected chi connectivity index (χ0v) is 45.5. The molecule has 1 fully saturated rings. The number of para-hydroxylation sites is 4. The minimum absolute atomic E-state index is 0. The molecule has 0 atom stereocenters. The molecule has 0 N–H and O–H groups in total. The van der Waals surface area contributed by atoms with Crippen LogP contribution >= 0.6 is 0 Å². The van der Waals surface area contributed by atoms with Crippen molar-refractivity contribution in [3.8, 4) is 33.4 Å². The van der Waals surface area contributed by atoms with Crippen molar-refractivity contribution in [1.82, 2.24) is 4.98 Å². The molecule has 12 rings (SSSR count). The summed E-state index contributed by atoms with van der Waals surface area (Å²) in [4.78, 5) is 14.6. The van der Waals surface area contributed by atoms with E-state index in [0.717, 1.165) is 73.7 Å². The van der Waals surface area contributed by atoms with Gasteiger partial charge in [-0.3, -0.25) is 0 Å². The molecule has 9 aromatic rings. The number of rotatable bonds is 8. The van der Waals surface area contributed by atoms with E-state index in [0.29, 0.717) is 5.92 Å². The largest absolute Gasteiger partial charge is 0.493 e. The number of nitrogens with zero attached hydrogens (tertiary/aromatic N) is 5. The normalized spacial score (nSPS) is 14.3. The molecular formula is C68H62N5Pt-3. The molecule has 3 aliphatic rings. The summed E-state index contributed by atoms with van der Waals surface area (Å²) in [7, 11) is 0. The van der Waals surface area contributed by atoms with E-state index in [-0.39, 0.29) is 31.9 Å². The molecule has 1 saturated carbocycles. The van der Waals surface area contributed by atoms with Gasteiger partial charge in [0.25, 0.3) is 0 Å². The van der Waals surface area contributed by atoms with Gasteiger partial charge in [-0.25, -0.2) is 4.98 Å². The second kappa shape index (κ2) is 19.9. The van der Waals surface area contributed by atoms with Gasteiger partial charge in [0.05, 0.1) is 5.69 Å². The van der Waals surface area contributed by atoms with Crippen LogP contribution in [0.15, 0.2) is 194 Å². The van der Waals surface area contributed by atoms with Crippen molar-refractivity contribution in [2.45, 2.75) is 90.4 Å². The van der Waals surface area contributed by atoms with Crippen molar-refractivity contribution in [2.24, 2.45) is 0 Å². The average Bonchev–Trinajstić information content (AvgIpc) is 3.77. The van der Waals surface area contributed by atoms with Gasteiger partial charge in [-0.05, 0) is 112 Å². The molecule has 74 heavy (non-hydrogen) atoms. The van der Waals surface area contributed by atoms with E-state index in [9.17, 15) is 0 Å². The van der Waals surface area contributed by atoms with Crippen LogP contribution in [0.2, 0.25) is 0 Å². The maximum atomic E-state index is 5.20. The van der Waals surface area contributed by atoms with E-state index in [2.05, 4.69) is 268 Å². The summed E-state index contributed by atoms with van der Waals surface area (Å²) < 4.78 is 0. The van der Waals surface area contributed by atoms with E-state index < -0.39 is 0 Å². The van der Waals surface area contributed by atoms with E-state index in [1.165, 1.54) is 65.5 Å². The minimum Gasteiger partial charge on any atom is -0.493 e. The number of anilines is 10. The van der Waals surface area contributed by atoms with Crippen molar-refractivity contribution < 1.29 is 21.1 Å². The Balaban J connectivity index is 0.00000588. The van der Waals surface area contributed by atoms with Crippen molar-refractivity contribution in [3.63, 3.8) is 0 Å². The van der Waals surface area contributed by atoms with Crippen LogP contribution in [0.25, 0.3) is 33.4 Å². The van der Waals surface area contributed by atoms with Crippen molar-refractivity contribution in [2.75, 3.05) is 19.6 Å². The van der Waals surface area contributed by atoms with Crippen LogP contribution in [0.3, 0.4) is 0 Å². The zero-order chi connectivity index (χ0) is 49.8. The SMILES string of the molecule is CC(C)(C)c1cc(N2[CH-]N(c3[c-]c(N(c4[c-]c5c(cc4)-c4ccccc4-c4ccccc4N5c4cc(C5CCCCC5)ccn4)c4ccccc4)cc(-c4ccccc4)c3)c3ccccc32)cc(C(C)(C)C)c1.[Pt]. The smallest absolute Gasteiger partial charge is 0.135 e. The summed E-state index contributed by atoms with van der Waals surface area (Å²) in [5, 5.41) is 0. The van der Waals surface area contributed by atoms with E-state index in [1.807, 2.05) is 6.20 Å². The number of benzene rings is 8. The summed E-state index contributed by atoms with van der Waals surface area (Å²) >= 11 is 0. The Hall–Kier alpha value is -7.20. The molecule has 0 bridgehead atoms. The standard InChI is InChI=1S/C68H62N5.Pt/c1-67(2,3)51-41-52(68(4,5)6)43-56(42-51)71-46-70(63-32-20-21-33-64(63)71)55-38-50(48-24-12-8-13-25-48)39-57(44-55)72(53-26-14-9-15-27-53)54-34-35-61-59-29-17-16-28-58(59)60-30-18-19-31-62(60)73(65(61)45-54)66-40-49(36-37-69-66)47-22-10-7-11-23-47;/h8-9,12-21,24-43,46-47H,7,10-11,22-23H2,1-6H3;/q-3;. The topological polar surface area (TPSA) is 25.9 Å². The third kappa shape index (κ3) is 9.26. The fourth-order valence-corrected chi connectivity index (χ4v) is 11.1. The van der Waals surface area contributed by atoms with Crippen molar-refractivity contribution >= 4 is 57.0 Å². The second-order valence-corrected chi connectivity index (χ2v) is 22.1. The van der Waals surface area contributed by atoms with Crippen LogP contribution in [-0.2, 0) is 31.9 Å². The van der Waals surface area contributed by atoms with E-state index >= 15 is 0 Å². The molecular weight excluding hydrogens is 1080 g/mol. The van der Waals surface area contributed by atoms with Crippen molar-refractivity contribution in [1.29, 1.82) is 0 Å². The Morgan fingerprint density at radius 1 is 0.514 bits per heavy atom. The van der Waals surface area contributed by atoms with Gasteiger partial charge in [0.2, 0.25) is 0 Å². The van der Waals surface area contributed by atoms with Crippen LogP contribution in [0.5, 0.6) is 0 Å². The Morgan fingerprint density at radius 3 is 1.78 bits per heavy atom. The quantitative estimate of drug-likeness (QED) is 0.141. The summed E-state index contributed by atoms with van der Waals surface area (Å²) in [5.74, 6) is 1.43. The monoisotopic (exact) mass is 1140 g/mol. The van der Waals surface area contributed by atoms with E-state index in [4.69, 9.17) is 4.98 Å².